The first-order chi connectivity index (χ1) is 14.9. The van der Waals surface area contributed by atoms with Crippen LogP contribution in [0.25, 0.3) is 6.08 Å². The second kappa shape index (κ2) is 10.5. The summed E-state index contributed by atoms with van der Waals surface area (Å²) in [6.45, 7) is 18.4. The van der Waals surface area contributed by atoms with Gasteiger partial charge in [-0.05, 0) is 103 Å². The molecule has 0 fully saturated rings. The Morgan fingerprint density at radius 1 is 0.938 bits per heavy atom. The van der Waals surface area contributed by atoms with Crippen LogP contribution in [0, 0.1) is 0 Å². The van der Waals surface area contributed by atoms with Crippen LogP contribution in [0.15, 0.2) is 55.1 Å². The molecule has 0 spiro atoms. The van der Waals surface area contributed by atoms with Crippen LogP contribution in [0.2, 0.25) is 0 Å². The smallest absolute Gasteiger partial charge is 0.185 e. The third-order valence-electron chi connectivity index (χ3n) is 4.25. The highest BCUT2D eigenvalue weighted by Gasteiger charge is 2.20. The summed E-state index contributed by atoms with van der Waals surface area (Å²) in [5.41, 5.74) is 1.65. The van der Waals surface area contributed by atoms with Crippen LogP contribution in [-0.2, 0) is 6.42 Å². The zero-order valence-electron chi connectivity index (χ0n) is 20.5. The highest BCUT2D eigenvalue weighted by molar-refractivity contribution is 6.07. The van der Waals surface area contributed by atoms with Gasteiger partial charge in [-0.1, -0.05) is 6.08 Å². The summed E-state index contributed by atoms with van der Waals surface area (Å²) in [7, 11) is 0. The van der Waals surface area contributed by atoms with Crippen molar-refractivity contribution in [2.24, 2.45) is 0 Å². The monoisotopic (exact) mass is 436 g/mol. The largest absolute Gasteiger partial charge is 0.494 e. The summed E-state index contributed by atoms with van der Waals surface area (Å²) >= 11 is 0. The van der Waals surface area contributed by atoms with Crippen molar-refractivity contribution in [3.63, 3.8) is 0 Å². The molecule has 0 amide bonds. The van der Waals surface area contributed by atoms with Crippen molar-refractivity contribution < 1.29 is 19.0 Å². The van der Waals surface area contributed by atoms with Gasteiger partial charge in [0.25, 0.3) is 0 Å². The summed E-state index contributed by atoms with van der Waals surface area (Å²) in [4.78, 5) is 12.7. The molecular formula is C28H36O4. The van der Waals surface area contributed by atoms with Gasteiger partial charge in [0, 0.05) is 17.2 Å². The molecule has 0 saturated carbocycles. The van der Waals surface area contributed by atoms with E-state index in [1.165, 1.54) is 0 Å². The second-order valence-corrected chi connectivity index (χ2v) is 9.57. The van der Waals surface area contributed by atoms with Crippen molar-refractivity contribution in [2.75, 3.05) is 6.61 Å². The molecule has 2 rings (SSSR count). The number of hydrogen-bond acceptors (Lipinski definition) is 4. The van der Waals surface area contributed by atoms with E-state index in [0.717, 1.165) is 22.6 Å². The Bertz CT molecular complexity index is 955. The SMILES string of the molecule is C=CCc1cc(/C=C\C(=O)c2ccc(OCC)cc2)c(OC(C)(C)C)cc1OC(C)(C)C. The van der Waals surface area contributed by atoms with Gasteiger partial charge in [0.1, 0.15) is 28.5 Å². The van der Waals surface area contributed by atoms with E-state index in [-0.39, 0.29) is 11.4 Å². The molecule has 0 saturated heterocycles. The number of rotatable bonds is 9. The molecule has 4 heteroatoms. The number of ketones is 1. The molecular weight excluding hydrogens is 400 g/mol. The van der Waals surface area contributed by atoms with Crippen molar-refractivity contribution >= 4 is 11.9 Å². The zero-order valence-corrected chi connectivity index (χ0v) is 20.5. The minimum atomic E-state index is -0.402. The van der Waals surface area contributed by atoms with Crippen molar-refractivity contribution in [3.8, 4) is 17.2 Å². The van der Waals surface area contributed by atoms with E-state index in [0.29, 0.717) is 24.3 Å². The van der Waals surface area contributed by atoms with Gasteiger partial charge in [-0.2, -0.15) is 0 Å². The maximum Gasteiger partial charge on any atom is 0.185 e. The number of allylic oxidation sites excluding steroid dienone is 2. The van der Waals surface area contributed by atoms with E-state index >= 15 is 0 Å². The average molecular weight is 437 g/mol. The predicted octanol–water partition coefficient (Wildman–Crippen LogP) is 7.06. The Morgan fingerprint density at radius 2 is 1.53 bits per heavy atom. The lowest BCUT2D eigenvalue weighted by molar-refractivity contribution is 0.104. The van der Waals surface area contributed by atoms with Crippen LogP contribution in [0.5, 0.6) is 17.2 Å². The fourth-order valence-electron chi connectivity index (χ4n) is 3.06. The summed E-state index contributed by atoms with van der Waals surface area (Å²) in [6.07, 6.45) is 5.86. The Kier molecular flexibility index (Phi) is 8.31. The third-order valence-corrected chi connectivity index (χ3v) is 4.25. The minimum absolute atomic E-state index is 0.0879. The van der Waals surface area contributed by atoms with Gasteiger partial charge < -0.3 is 14.2 Å². The molecule has 2 aromatic carbocycles. The second-order valence-electron chi connectivity index (χ2n) is 9.57. The molecule has 0 aliphatic carbocycles. The Morgan fingerprint density at radius 3 is 2.06 bits per heavy atom. The van der Waals surface area contributed by atoms with Crippen molar-refractivity contribution in [2.45, 2.75) is 66.1 Å². The molecule has 0 atom stereocenters. The van der Waals surface area contributed by atoms with Crippen molar-refractivity contribution in [1.82, 2.24) is 0 Å². The van der Waals surface area contributed by atoms with E-state index in [1.54, 1.807) is 36.4 Å². The lowest BCUT2D eigenvalue weighted by atomic mass is 10.0. The maximum atomic E-state index is 12.7. The lowest BCUT2D eigenvalue weighted by Crippen LogP contribution is -2.25. The van der Waals surface area contributed by atoms with Crippen LogP contribution in [0.1, 0.15) is 70.0 Å². The molecule has 0 unspecified atom stereocenters. The van der Waals surface area contributed by atoms with Gasteiger partial charge in [0.2, 0.25) is 0 Å². The Balaban J connectivity index is 2.43. The lowest BCUT2D eigenvalue weighted by Gasteiger charge is -2.27. The molecule has 0 aromatic heterocycles. The van der Waals surface area contributed by atoms with Crippen LogP contribution >= 0.6 is 0 Å². The number of ether oxygens (including phenoxy) is 3. The average Bonchev–Trinajstić information content (AvgIpc) is 2.67. The molecule has 32 heavy (non-hydrogen) atoms. The van der Waals surface area contributed by atoms with Gasteiger partial charge >= 0.3 is 0 Å². The zero-order chi connectivity index (χ0) is 23.9. The van der Waals surface area contributed by atoms with Crippen LogP contribution < -0.4 is 14.2 Å². The molecule has 0 aliphatic rings. The number of carbonyl (C=O) groups excluding carboxylic acids is 1. The first kappa shape index (κ1) is 25.3. The molecule has 0 N–H and O–H groups in total. The molecule has 0 radical (unpaired) electrons. The predicted molar refractivity (Wildman–Crippen MR) is 132 cm³/mol. The van der Waals surface area contributed by atoms with Gasteiger partial charge in [-0.3, -0.25) is 4.79 Å². The van der Waals surface area contributed by atoms with Crippen molar-refractivity contribution in [1.29, 1.82) is 0 Å². The van der Waals surface area contributed by atoms with E-state index in [9.17, 15) is 4.79 Å². The molecule has 4 nitrogen and oxygen atoms in total. The van der Waals surface area contributed by atoms with Gasteiger partial charge in [-0.15, -0.1) is 6.58 Å². The van der Waals surface area contributed by atoms with E-state index in [4.69, 9.17) is 14.2 Å². The van der Waals surface area contributed by atoms with Crippen LogP contribution in [0.4, 0.5) is 0 Å². The summed E-state index contributed by atoms with van der Waals surface area (Å²) in [5.74, 6) is 2.08. The van der Waals surface area contributed by atoms with E-state index < -0.39 is 5.60 Å². The summed E-state index contributed by atoms with van der Waals surface area (Å²) in [5, 5.41) is 0. The minimum Gasteiger partial charge on any atom is -0.494 e. The first-order valence-corrected chi connectivity index (χ1v) is 11.0. The molecule has 0 heterocycles. The third kappa shape index (κ3) is 7.92. The number of hydrogen-bond donors (Lipinski definition) is 0. The van der Waals surface area contributed by atoms with Crippen LogP contribution in [-0.4, -0.2) is 23.6 Å². The quantitative estimate of drug-likeness (QED) is 0.240. The highest BCUT2D eigenvalue weighted by Crippen LogP contribution is 2.35. The number of benzene rings is 2. The normalized spacial score (nSPS) is 12.0. The number of carbonyl (C=O) groups is 1. The topological polar surface area (TPSA) is 44.8 Å². The van der Waals surface area contributed by atoms with Crippen molar-refractivity contribution in [3.05, 3.63) is 71.8 Å². The van der Waals surface area contributed by atoms with Gasteiger partial charge in [-0.25, -0.2) is 0 Å². The van der Waals surface area contributed by atoms with Gasteiger partial charge in [0.15, 0.2) is 5.78 Å². The molecule has 0 aliphatic heterocycles. The molecule has 172 valence electrons. The summed E-state index contributed by atoms with van der Waals surface area (Å²) in [6, 6.07) is 11.1. The van der Waals surface area contributed by atoms with E-state index in [1.807, 2.05) is 66.7 Å². The standard InChI is InChI=1S/C28H36O4/c1-9-11-21-18-22(14-17-24(29)20-12-15-23(16-13-20)30-10-2)26(32-28(6,7)8)19-25(21)31-27(3,4)5/h9,12-19H,1,10-11H2,2-8H3/b17-14-. The van der Waals surface area contributed by atoms with E-state index in [2.05, 4.69) is 6.58 Å². The first-order valence-electron chi connectivity index (χ1n) is 11.0. The fourth-order valence-corrected chi connectivity index (χ4v) is 3.06. The summed E-state index contributed by atoms with van der Waals surface area (Å²) < 4.78 is 17.9. The highest BCUT2D eigenvalue weighted by atomic mass is 16.5. The maximum absolute atomic E-state index is 12.7. The Hall–Kier alpha value is -3.01. The van der Waals surface area contributed by atoms with Gasteiger partial charge in [0.05, 0.1) is 6.61 Å². The Labute approximate surface area is 192 Å². The molecule has 0 bridgehead atoms. The molecule has 2 aromatic rings. The van der Waals surface area contributed by atoms with Crippen LogP contribution in [0.3, 0.4) is 0 Å². The fraction of sp³-hybridized carbons (Fsp3) is 0.393.